The van der Waals surface area contributed by atoms with Crippen LogP contribution in [-0.2, 0) is 20.9 Å². The molecule has 0 aliphatic rings. The van der Waals surface area contributed by atoms with Crippen molar-refractivity contribution in [2.75, 3.05) is 5.32 Å². The molecule has 0 saturated carbocycles. The molecule has 1 amide bonds. The van der Waals surface area contributed by atoms with E-state index in [0.29, 0.717) is 27.5 Å². The third-order valence-electron chi connectivity index (χ3n) is 5.86. The third kappa shape index (κ3) is 4.01. The number of pyridine rings is 1. The number of nitrogens with one attached hydrogen (secondary N) is 1. The van der Waals surface area contributed by atoms with Crippen LogP contribution in [0.4, 0.5) is 5.69 Å². The highest BCUT2D eigenvalue weighted by molar-refractivity contribution is 5.98. The molecule has 0 saturated heterocycles. The summed E-state index contributed by atoms with van der Waals surface area (Å²) in [5.41, 5.74) is 1.82. The van der Waals surface area contributed by atoms with Crippen LogP contribution in [0.25, 0.3) is 32.6 Å². The van der Waals surface area contributed by atoms with Crippen molar-refractivity contribution in [1.82, 2.24) is 4.57 Å². The topological polar surface area (TPSA) is 77.4 Å². The molecule has 0 fully saturated rings. The second-order valence-electron chi connectivity index (χ2n) is 8.13. The van der Waals surface area contributed by atoms with E-state index in [-0.39, 0.29) is 12.0 Å². The second-order valence-corrected chi connectivity index (χ2v) is 8.13. The maximum Gasteiger partial charge on any atom is 0.326 e. The van der Waals surface area contributed by atoms with Gasteiger partial charge in [-0.1, -0.05) is 54.6 Å². The van der Waals surface area contributed by atoms with Gasteiger partial charge in [0.05, 0.1) is 11.0 Å². The molecule has 1 aromatic heterocycles. The molecule has 6 heteroatoms. The number of fused-ring (bicyclic) bond motifs is 3. The number of esters is 1. The van der Waals surface area contributed by atoms with Crippen molar-refractivity contribution >= 4 is 50.1 Å². The highest BCUT2D eigenvalue weighted by Crippen LogP contribution is 2.21. The van der Waals surface area contributed by atoms with Gasteiger partial charge in [0.25, 0.3) is 5.91 Å². The Kier molecular flexibility index (Phi) is 5.55. The van der Waals surface area contributed by atoms with E-state index in [1.807, 2.05) is 54.6 Å². The van der Waals surface area contributed by atoms with Gasteiger partial charge in [0, 0.05) is 16.5 Å². The van der Waals surface area contributed by atoms with Crippen molar-refractivity contribution in [3.05, 3.63) is 101 Å². The summed E-state index contributed by atoms with van der Waals surface area (Å²) in [4.78, 5) is 38.4. The first-order valence-corrected chi connectivity index (χ1v) is 11.0. The van der Waals surface area contributed by atoms with Crippen molar-refractivity contribution in [2.24, 2.45) is 0 Å². The summed E-state index contributed by atoms with van der Waals surface area (Å²) >= 11 is 0. The first-order valence-electron chi connectivity index (χ1n) is 11.0. The fourth-order valence-corrected chi connectivity index (χ4v) is 4.18. The molecule has 6 nitrogen and oxygen atoms in total. The highest BCUT2D eigenvalue weighted by atomic mass is 16.5. The lowest BCUT2D eigenvalue weighted by Gasteiger charge is -2.17. The lowest BCUT2D eigenvalue weighted by atomic mass is 10.1. The number of anilines is 1. The standard InChI is InChI=1S/C28H22N2O4/c1-18(28(33)29-21-15-14-19-8-2-3-9-20(19)16-21)34-26(31)17-30-24-12-6-4-10-22(24)27(32)23-11-5-7-13-25(23)30/h2-16,18H,17H2,1H3,(H,29,33). The first-order chi connectivity index (χ1) is 16.5. The van der Waals surface area contributed by atoms with Gasteiger partial charge in [0.15, 0.2) is 11.5 Å². The molecule has 5 rings (SSSR count). The van der Waals surface area contributed by atoms with Crippen LogP contribution >= 0.6 is 0 Å². The first kappa shape index (κ1) is 21.4. The molecule has 0 bridgehead atoms. The predicted molar refractivity (Wildman–Crippen MR) is 134 cm³/mol. The quantitative estimate of drug-likeness (QED) is 0.306. The van der Waals surface area contributed by atoms with Gasteiger partial charge in [-0.2, -0.15) is 0 Å². The Morgan fingerprint density at radius 1 is 0.824 bits per heavy atom. The second kappa shape index (κ2) is 8.83. The van der Waals surface area contributed by atoms with Gasteiger partial charge in [-0.3, -0.25) is 14.4 Å². The molecule has 1 heterocycles. The van der Waals surface area contributed by atoms with Gasteiger partial charge >= 0.3 is 5.97 Å². The fraction of sp³-hybridized carbons (Fsp3) is 0.107. The van der Waals surface area contributed by atoms with Gasteiger partial charge in [-0.25, -0.2) is 0 Å². The summed E-state index contributed by atoms with van der Waals surface area (Å²) in [6.07, 6.45) is -0.990. The number of benzene rings is 4. The van der Waals surface area contributed by atoms with Crippen LogP contribution in [0.2, 0.25) is 0 Å². The lowest BCUT2D eigenvalue weighted by Crippen LogP contribution is -2.31. The van der Waals surface area contributed by atoms with Crippen LogP contribution in [0.3, 0.4) is 0 Å². The Morgan fingerprint density at radius 2 is 1.41 bits per heavy atom. The summed E-state index contributed by atoms with van der Waals surface area (Å²) in [7, 11) is 0. The Bertz CT molecular complexity index is 1560. The van der Waals surface area contributed by atoms with Crippen molar-refractivity contribution < 1.29 is 14.3 Å². The summed E-state index contributed by atoms with van der Waals surface area (Å²) in [6, 6.07) is 27.8. The molecule has 0 spiro atoms. The van der Waals surface area contributed by atoms with Crippen LogP contribution < -0.4 is 10.7 Å². The number of carbonyl (C=O) groups excluding carboxylic acids is 2. The van der Waals surface area contributed by atoms with E-state index < -0.39 is 18.0 Å². The molecule has 4 aromatic carbocycles. The van der Waals surface area contributed by atoms with Crippen LogP contribution in [0.5, 0.6) is 0 Å². The predicted octanol–water partition coefficient (Wildman–Crippen LogP) is 4.88. The van der Waals surface area contributed by atoms with Gasteiger partial charge < -0.3 is 14.6 Å². The van der Waals surface area contributed by atoms with Crippen LogP contribution in [0.1, 0.15) is 6.92 Å². The Hall–Kier alpha value is -4.45. The summed E-state index contributed by atoms with van der Waals surface area (Å²) in [5, 5.41) is 5.93. The zero-order chi connectivity index (χ0) is 23.7. The number of hydrogen-bond donors (Lipinski definition) is 1. The van der Waals surface area contributed by atoms with E-state index in [0.717, 1.165) is 10.8 Å². The molecule has 0 aliphatic carbocycles. The zero-order valence-corrected chi connectivity index (χ0v) is 18.5. The van der Waals surface area contributed by atoms with Crippen LogP contribution in [-0.4, -0.2) is 22.5 Å². The highest BCUT2D eigenvalue weighted by Gasteiger charge is 2.20. The van der Waals surface area contributed by atoms with Crippen molar-refractivity contribution in [1.29, 1.82) is 0 Å². The summed E-state index contributed by atoms with van der Waals surface area (Å²) in [6.45, 7) is 1.41. The Labute approximate surface area is 195 Å². The molecule has 168 valence electrons. The number of carbonyl (C=O) groups is 2. The van der Waals surface area contributed by atoms with Gasteiger partial charge in [-0.05, 0) is 54.1 Å². The number of para-hydroxylation sites is 2. The molecule has 34 heavy (non-hydrogen) atoms. The lowest BCUT2D eigenvalue weighted by molar-refractivity contribution is -0.153. The van der Waals surface area contributed by atoms with Crippen LogP contribution in [0.15, 0.2) is 95.8 Å². The molecule has 0 radical (unpaired) electrons. The molecule has 1 N–H and O–H groups in total. The smallest absolute Gasteiger partial charge is 0.326 e. The molecular weight excluding hydrogens is 428 g/mol. The third-order valence-corrected chi connectivity index (χ3v) is 5.86. The number of hydrogen-bond acceptors (Lipinski definition) is 4. The van der Waals surface area contributed by atoms with Crippen LogP contribution in [0, 0.1) is 0 Å². The van der Waals surface area contributed by atoms with E-state index in [4.69, 9.17) is 4.74 Å². The summed E-state index contributed by atoms with van der Waals surface area (Å²) < 4.78 is 7.21. The maximum absolute atomic E-state index is 12.9. The average molecular weight is 450 g/mol. The fourth-order valence-electron chi connectivity index (χ4n) is 4.18. The number of aromatic nitrogens is 1. The molecule has 1 atom stereocenters. The average Bonchev–Trinajstić information content (AvgIpc) is 2.86. The van der Waals surface area contributed by atoms with Crippen molar-refractivity contribution in [2.45, 2.75) is 19.6 Å². The van der Waals surface area contributed by atoms with Gasteiger partial charge in [-0.15, -0.1) is 0 Å². The van der Waals surface area contributed by atoms with E-state index in [1.54, 1.807) is 41.0 Å². The molecule has 5 aromatic rings. The largest absolute Gasteiger partial charge is 0.451 e. The van der Waals surface area contributed by atoms with E-state index in [2.05, 4.69) is 5.32 Å². The Balaban J connectivity index is 1.36. The Morgan fingerprint density at radius 3 is 2.09 bits per heavy atom. The van der Waals surface area contributed by atoms with Crippen molar-refractivity contribution in [3.8, 4) is 0 Å². The van der Waals surface area contributed by atoms with Gasteiger partial charge in [0.2, 0.25) is 0 Å². The number of rotatable bonds is 5. The number of ether oxygens (including phenoxy) is 1. The molecule has 0 aliphatic heterocycles. The molecule has 1 unspecified atom stereocenters. The van der Waals surface area contributed by atoms with Crippen molar-refractivity contribution in [3.63, 3.8) is 0 Å². The SMILES string of the molecule is CC(OC(=O)Cn1c2ccccc2c(=O)c2ccccc21)C(=O)Nc1ccc2ccccc2c1. The van der Waals surface area contributed by atoms with E-state index >= 15 is 0 Å². The maximum atomic E-state index is 12.9. The monoisotopic (exact) mass is 450 g/mol. The number of amides is 1. The minimum Gasteiger partial charge on any atom is -0.451 e. The van der Waals surface area contributed by atoms with E-state index in [1.165, 1.54) is 6.92 Å². The summed E-state index contributed by atoms with van der Waals surface area (Å²) in [5.74, 6) is -0.988. The normalized spacial score (nSPS) is 12.0. The minimum absolute atomic E-state index is 0.0843. The minimum atomic E-state index is -0.990. The number of nitrogens with zero attached hydrogens (tertiary/aromatic N) is 1. The molecular formula is C28H22N2O4. The zero-order valence-electron chi connectivity index (χ0n) is 18.5. The van der Waals surface area contributed by atoms with E-state index in [9.17, 15) is 14.4 Å². The van der Waals surface area contributed by atoms with Gasteiger partial charge in [0.1, 0.15) is 6.54 Å².